The van der Waals surface area contributed by atoms with Crippen molar-refractivity contribution in [1.29, 1.82) is 0 Å². The molecule has 0 unspecified atom stereocenters. The van der Waals surface area contributed by atoms with Crippen LogP contribution in [0.3, 0.4) is 0 Å². The van der Waals surface area contributed by atoms with Crippen molar-refractivity contribution in [2.45, 2.75) is 4.90 Å². The molecule has 7 nitrogen and oxygen atoms in total. The van der Waals surface area contributed by atoms with E-state index >= 15 is 0 Å². The molecule has 0 fully saturated rings. The molecule has 2 aromatic rings. The third kappa shape index (κ3) is 2.79. The second-order valence-electron chi connectivity index (χ2n) is 4.14. The summed E-state index contributed by atoms with van der Waals surface area (Å²) in [5.41, 5.74) is -0.481. The van der Waals surface area contributed by atoms with Crippen molar-refractivity contribution in [1.82, 2.24) is 4.98 Å². The smallest absolute Gasteiger partial charge is 0.339 e. The van der Waals surface area contributed by atoms with Crippen molar-refractivity contribution in [2.75, 3.05) is 11.4 Å². The summed E-state index contributed by atoms with van der Waals surface area (Å²) in [7, 11) is -2.66. The topological polar surface area (TPSA) is 108 Å². The molecule has 0 saturated carbocycles. The number of aromatic hydroxyl groups is 1. The lowest BCUT2D eigenvalue weighted by Crippen LogP contribution is -2.27. The van der Waals surface area contributed by atoms with Crippen molar-refractivity contribution in [3.05, 3.63) is 48.2 Å². The van der Waals surface area contributed by atoms with E-state index < -0.39 is 27.3 Å². The van der Waals surface area contributed by atoms with E-state index in [1.165, 1.54) is 19.3 Å². The van der Waals surface area contributed by atoms with Crippen LogP contribution in [0.4, 0.5) is 5.82 Å². The van der Waals surface area contributed by atoms with Crippen LogP contribution < -0.4 is 4.31 Å². The number of carboxylic acid groups (broad SMARTS) is 1. The van der Waals surface area contributed by atoms with E-state index in [1.807, 2.05) is 0 Å². The van der Waals surface area contributed by atoms with E-state index in [9.17, 15) is 18.3 Å². The van der Waals surface area contributed by atoms with Gasteiger partial charge < -0.3 is 10.2 Å². The fraction of sp³-hybridized carbons (Fsp3) is 0.0769. The van der Waals surface area contributed by atoms with E-state index in [4.69, 9.17) is 5.11 Å². The van der Waals surface area contributed by atoms with Crippen LogP contribution in [0.1, 0.15) is 10.4 Å². The van der Waals surface area contributed by atoms with Gasteiger partial charge in [0.2, 0.25) is 0 Å². The Bertz CT molecular complexity index is 774. The predicted octanol–water partition coefficient (Wildman–Crippen LogP) is 1.31. The number of hydrogen-bond acceptors (Lipinski definition) is 5. The fourth-order valence-corrected chi connectivity index (χ4v) is 2.85. The highest BCUT2D eigenvalue weighted by Crippen LogP contribution is 2.25. The summed E-state index contributed by atoms with van der Waals surface area (Å²) in [6, 6.07) is 7.86. The molecule has 0 radical (unpaired) electrons. The van der Waals surface area contributed by atoms with Gasteiger partial charge in [-0.05, 0) is 30.3 Å². The fourth-order valence-electron chi connectivity index (χ4n) is 1.67. The molecule has 0 atom stereocenters. The number of aromatic nitrogens is 1. The largest absolute Gasteiger partial charge is 0.507 e. The van der Waals surface area contributed by atoms with Crippen LogP contribution in [-0.4, -0.2) is 36.6 Å². The van der Waals surface area contributed by atoms with Crippen molar-refractivity contribution in [2.24, 2.45) is 0 Å². The minimum atomic E-state index is -3.97. The molecule has 2 N–H and O–H groups in total. The minimum absolute atomic E-state index is 0.197. The molecule has 0 bridgehead atoms. The highest BCUT2D eigenvalue weighted by atomic mass is 32.2. The van der Waals surface area contributed by atoms with E-state index in [0.717, 1.165) is 22.5 Å². The lowest BCUT2D eigenvalue weighted by atomic mass is 10.2. The van der Waals surface area contributed by atoms with Crippen LogP contribution in [0, 0.1) is 0 Å². The first kappa shape index (κ1) is 14.8. The zero-order valence-corrected chi connectivity index (χ0v) is 11.8. The molecular formula is C13H12N2O5S. The summed E-state index contributed by atoms with van der Waals surface area (Å²) in [5, 5.41) is 18.4. The van der Waals surface area contributed by atoms with Crippen LogP contribution in [0.2, 0.25) is 0 Å². The highest BCUT2D eigenvalue weighted by Gasteiger charge is 2.24. The van der Waals surface area contributed by atoms with Crippen LogP contribution in [-0.2, 0) is 10.0 Å². The lowest BCUT2D eigenvalue weighted by Gasteiger charge is -2.18. The Morgan fingerprint density at radius 1 is 1.24 bits per heavy atom. The second kappa shape index (κ2) is 5.41. The maximum Gasteiger partial charge on any atom is 0.339 e. The number of nitrogens with zero attached hydrogens (tertiary/aromatic N) is 2. The SMILES string of the molecule is CN(c1ccccn1)S(=O)(=O)c1ccc(O)c(C(=O)O)c1. The molecule has 0 aliphatic carbocycles. The number of benzene rings is 1. The van der Waals surface area contributed by atoms with Gasteiger partial charge in [-0.1, -0.05) is 6.07 Å². The van der Waals surface area contributed by atoms with Gasteiger partial charge in [0.25, 0.3) is 10.0 Å². The monoisotopic (exact) mass is 308 g/mol. The summed E-state index contributed by atoms with van der Waals surface area (Å²) in [4.78, 5) is 14.6. The molecule has 21 heavy (non-hydrogen) atoms. The van der Waals surface area contributed by atoms with Crippen molar-refractivity contribution in [3.8, 4) is 5.75 Å². The summed E-state index contributed by atoms with van der Waals surface area (Å²) in [6.07, 6.45) is 1.45. The maximum atomic E-state index is 12.4. The van der Waals surface area contributed by atoms with Gasteiger partial charge in [-0.25, -0.2) is 18.2 Å². The van der Waals surface area contributed by atoms with Crippen LogP contribution in [0.25, 0.3) is 0 Å². The van der Waals surface area contributed by atoms with Gasteiger partial charge in [0.15, 0.2) is 0 Å². The Kier molecular flexibility index (Phi) is 3.81. The summed E-state index contributed by atoms with van der Waals surface area (Å²) < 4.78 is 25.8. The molecule has 0 amide bonds. The van der Waals surface area contributed by atoms with Crippen molar-refractivity contribution >= 4 is 21.8 Å². The van der Waals surface area contributed by atoms with E-state index in [0.29, 0.717) is 0 Å². The molecule has 0 spiro atoms. The number of carboxylic acids is 1. The number of aromatic carboxylic acids is 1. The minimum Gasteiger partial charge on any atom is -0.507 e. The zero-order chi connectivity index (χ0) is 15.6. The Morgan fingerprint density at radius 3 is 2.52 bits per heavy atom. The number of sulfonamides is 1. The Balaban J connectivity index is 2.50. The van der Waals surface area contributed by atoms with Gasteiger partial charge in [-0.15, -0.1) is 0 Å². The molecule has 110 valence electrons. The third-order valence-corrected chi connectivity index (χ3v) is 4.59. The number of rotatable bonds is 4. The number of hydrogen-bond donors (Lipinski definition) is 2. The first-order valence-electron chi connectivity index (χ1n) is 5.80. The maximum absolute atomic E-state index is 12.4. The average Bonchev–Trinajstić information content (AvgIpc) is 2.47. The van der Waals surface area contributed by atoms with Crippen molar-refractivity contribution < 1.29 is 23.4 Å². The first-order chi connectivity index (χ1) is 9.84. The van der Waals surface area contributed by atoms with Gasteiger partial charge in [0.05, 0.1) is 4.90 Å². The van der Waals surface area contributed by atoms with Crippen molar-refractivity contribution in [3.63, 3.8) is 0 Å². The summed E-state index contributed by atoms with van der Waals surface area (Å²) in [6.45, 7) is 0. The van der Waals surface area contributed by atoms with Gasteiger partial charge in [-0.2, -0.15) is 0 Å². The highest BCUT2D eigenvalue weighted by molar-refractivity contribution is 7.92. The van der Waals surface area contributed by atoms with Crippen LogP contribution in [0.15, 0.2) is 47.5 Å². The van der Waals surface area contributed by atoms with Gasteiger partial charge >= 0.3 is 5.97 Å². The summed E-state index contributed by atoms with van der Waals surface area (Å²) >= 11 is 0. The molecule has 8 heteroatoms. The van der Waals surface area contributed by atoms with E-state index in [-0.39, 0.29) is 10.7 Å². The second-order valence-corrected chi connectivity index (χ2v) is 6.11. The van der Waals surface area contributed by atoms with E-state index in [2.05, 4.69) is 4.98 Å². The lowest BCUT2D eigenvalue weighted by molar-refractivity contribution is 0.0693. The van der Waals surface area contributed by atoms with Gasteiger partial charge in [-0.3, -0.25) is 4.31 Å². The van der Waals surface area contributed by atoms with Gasteiger partial charge in [0.1, 0.15) is 17.1 Å². The summed E-state index contributed by atoms with van der Waals surface area (Å²) in [5.74, 6) is -1.71. The Hall–Kier alpha value is -2.61. The Morgan fingerprint density at radius 2 is 1.95 bits per heavy atom. The zero-order valence-electron chi connectivity index (χ0n) is 11.0. The number of phenols is 1. The molecule has 1 aromatic heterocycles. The molecule has 1 aromatic carbocycles. The molecule has 0 aliphatic heterocycles. The quantitative estimate of drug-likeness (QED) is 0.881. The molecule has 1 heterocycles. The predicted molar refractivity (Wildman–Crippen MR) is 74.9 cm³/mol. The molecule has 0 saturated heterocycles. The number of anilines is 1. The number of pyridine rings is 1. The molecule has 2 rings (SSSR count). The number of carbonyl (C=O) groups is 1. The molecule has 0 aliphatic rings. The van der Waals surface area contributed by atoms with Crippen LogP contribution >= 0.6 is 0 Å². The third-order valence-electron chi connectivity index (χ3n) is 2.83. The van der Waals surface area contributed by atoms with Crippen LogP contribution in [0.5, 0.6) is 5.75 Å². The first-order valence-corrected chi connectivity index (χ1v) is 7.24. The normalized spacial score (nSPS) is 11.1. The van der Waals surface area contributed by atoms with Gasteiger partial charge in [0, 0.05) is 13.2 Å². The standard InChI is InChI=1S/C13H12N2O5S/c1-15(12-4-2-3-7-14-12)21(19,20)9-5-6-11(16)10(8-9)13(17)18/h2-8,16H,1H3,(H,17,18). The van der Waals surface area contributed by atoms with E-state index in [1.54, 1.807) is 12.1 Å². The Labute approximate surface area is 121 Å². The average molecular weight is 308 g/mol. The molecular weight excluding hydrogens is 296 g/mol.